The molecule has 1 aliphatic carbocycles. The van der Waals surface area contributed by atoms with Gasteiger partial charge >= 0.3 is 0 Å². The highest BCUT2D eigenvalue weighted by molar-refractivity contribution is 6.30. The number of anilines is 2. The van der Waals surface area contributed by atoms with Gasteiger partial charge in [0.2, 0.25) is 5.91 Å². The molecule has 1 heterocycles. The van der Waals surface area contributed by atoms with Crippen molar-refractivity contribution in [1.82, 2.24) is 4.98 Å². The van der Waals surface area contributed by atoms with Crippen molar-refractivity contribution in [3.63, 3.8) is 0 Å². The molecule has 3 rings (SSSR count). The number of amides is 1. The van der Waals surface area contributed by atoms with Gasteiger partial charge in [-0.2, -0.15) is 0 Å². The SMILES string of the molecule is O=C(Cc1ccc(Cl)cc1)Nc1ccc(NC2CCCCCC2)cn1. The van der Waals surface area contributed by atoms with E-state index in [-0.39, 0.29) is 5.91 Å². The predicted octanol–water partition coefficient (Wildman–Crippen LogP) is 5.05. The minimum absolute atomic E-state index is 0.0840. The summed E-state index contributed by atoms with van der Waals surface area (Å²) in [6.07, 6.45) is 9.82. The van der Waals surface area contributed by atoms with Crippen molar-refractivity contribution < 1.29 is 4.79 Å². The Morgan fingerprint density at radius 1 is 1.04 bits per heavy atom. The van der Waals surface area contributed by atoms with Crippen LogP contribution in [-0.2, 0) is 11.2 Å². The molecule has 0 unspecified atom stereocenters. The number of carbonyl (C=O) groups is 1. The van der Waals surface area contributed by atoms with Gasteiger partial charge in [-0.15, -0.1) is 0 Å². The average molecular weight is 358 g/mol. The second-order valence-electron chi connectivity index (χ2n) is 6.62. The number of hydrogen-bond acceptors (Lipinski definition) is 3. The second kappa shape index (κ2) is 8.86. The lowest BCUT2D eigenvalue weighted by atomic mass is 10.1. The largest absolute Gasteiger partial charge is 0.381 e. The van der Waals surface area contributed by atoms with E-state index in [2.05, 4.69) is 15.6 Å². The van der Waals surface area contributed by atoms with Crippen LogP contribution in [0.3, 0.4) is 0 Å². The molecule has 0 radical (unpaired) electrons. The number of pyridine rings is 1. The molecule has 1 fully saturated rings. The van der Waals surface area contributed by atoms with E-state index in [1.807, 2.05) is 24.3 Å². The third-order valence-corrected chi connectivity index (χ3v) is 4.79. The molecule has 2 N–H and O–H groups in total. The second-order valence-corrected chi connectivity index (χ2v) is 7.05. The third-order valence-electron chi connectivity index (χ3n) is 4.53. The molecule has 1 amide bonds. The maximum Gasteiger partial charge on any atom is 0.229 e. The molecule has 1 aromatic carbocycles. The highest BCUT2D eigenvalue weighted by Gasteiger charge is 2.12. The molecule has 1 saturated carbocycles. The Bertz CT molecular complexity index is 677. The molecule has 0 atom stereocenters. The summed E-state index contributed by atoms with van der Waals surface area (Å²) in [5.41, 5.74) is 1.94. The first kappa shape index (κ1) is 17.7. The Balaban J connectivity index is 1.51. The van der Waals surface area contributed by atoms with Crippen LogP contribution in [0.4, 0.5) is 11.5 Å². The van der Waals surface area contributed by atoms with Crippen LogP contribution in [-0.4, -0.2) is 16.9 Å². The lowest BCUT2D eigenvalue weighted by Gasteiger charge is -2.17. The molecular weight excluding hydrogens is 334 g/mol. The summed E-state index contributed by atoms with van der Waals surface area (Å²) < 4.78 is 0. The Kier molecular flexibility index (Phi) is 6.29. The average Bonchev–Trinajstić information content (AvgIpc) is 2.87. The first-order chi connectivity index (χ1) is 12.2. The summed E-state index contributed by atoms with van der Waals surface area (Å²) in [6.45, 7) is 0. The van der Waals surface area contributed by atoms with E-state index >= 15 is 0 Å². The van der Waals surface area contributed by atoms with Crippen LogP contribution in [0.1, 0.15) is 44.1 Å². The van der Waals surface area contributed by atoms with Crippen molar-refractivity contribution in [1.29, 1.82) is 0 Å². The third kappa shape index (κ3) is 5.75. The van der Waals surface area contributed by atoms with Gasteiger partial charge in [0.05, 0.1) is 18.3 Å². The van der Waals surface area contributed by atoms with E-state index in [1.165, 1.54) is 38.5 Å². The number of nitrogens with zero attached hydrogens (tertiary/aromatic N) is 1. The Labute approximate surface area is 154 Å². The lowest BCUT2D eigenvalue weighted by Crippen LogP contribution is -2.19. The maximum absolute atomic E-state index is 12.1. The Morgan fingerprint density at radius 2 is 1.76 bits per heavy atom. The van der Waals surface area contributed by atoms with E-state index in [9.17, 15) is 4.79 Å². The Morgan fingerprint density at radius 3 is 2.40 bits per heavy atom. The molecule has 0 saturated heterocycles. The minimum Gasteiger partial charge on any atom is -0.381 e. The van der Waals surface area contributed by atoms with Crippen molar-refractivity contribution in [2.45, 2.75) is 51.0 Å². The summed E-state index contributed by atoms with van der Waals surface area (Å²) in [7, 11) is 0. The lowest BCUT2D eigenvalue weighted by molar-refractivity contribution is -0.115. The molecule has 132 valence electrons. The zero-order chi connectivity index (χ0) is 17.5. The van der Waals surface area contributed by atoms with Gasteiger partial charge in [0.1, 0.15) is 5.82 Å². The molecule has 1 aromatic heterocycles. The van der Waals surface area contributed by atoms with Gasteiger partial charge < -0.3 is 10.6 Å². The Hall–Kier alpha value is -2.07. The molecule has 25 heavy (non-hydrogen) atoms. The van der Waals surface area contributed by atoms with Crippen molar-refractivity contribution in [3.8, 4) is 0 Å². The van der Waals surface area contributed by atoms with E-state index in [1.54, 1.807) is 18.3 Å². The van der Waals surface area contributed by atoms with Crippen LogP contribution >= 0.6 is 11.6 Å². The van der Waals surface area contributed by atoms with Gasteiger partial charge in [-0.25, -0.2) is 4.98 Å². The minimum atomic E-state index is -0.0840. The smallest absolute Gasteiger partial charge is 0.229 e. The van der Waals surface area contributed by atoms with E-state index in [0.717, 1.165) is 11.3 Å². The molecule has 0 aliphatic heterocycles. The standard InChI is InChI=1S/C20H24ClN3O/c21-16-9-7-15(8-10-16)13-20(25)24-19-12-11-18(14-22-19)23-17-5-3-1-2-4-6-17/h7-12,14,17,23H,1-6,13H2,(H,22,24,25). The monoisotopic (exact) mass is 357 g/mol. The van der Waals surface area contributed by atoms with Crippen molar-refractivity contribution in [2.24, 2.45) is 0 Å². The number of halogens is 1. The number of carbonyl (C=O) groups excluding carboxylic acids is 1. The van der Waals surface area contributed by atoms with Gasteiger partial charge in [0.15, 0.2) is 0 Å². The zero-order valence-electron chi connectivity index (χ0n) is 14.3. The topological polar surface area (TPSA) is 54.0 Å². The highest BCUT2D eigenvalue weighted by atomic mass is 35.5. The van der Waals surface area contributed by atoms with Crippen LogP contribution in [0.5, 0.6) is 0 Å². The number of hydrogen-bond donors (Lipinski definition) is 2. The van der Waals surface area contributed by atoms with Crippen LogP contribution in [0.25, 0.3) is 0 Å². The van der Waals surface area contributed by atoms with E-state index < -0.39 is 0 Å². The van der Waals surface area contributed by atoms with Crippen LogP contribution in [0.15, 0.2) is 42.6 Å². The number of nitrogens with one attached hydrogen (secondary N) is 2. The first-order valence-corrected chi connectivity index (χ1v) is 9.34. The molecule has 2 aromatic rings. The maximum atomic E-state index is 12.1. The molecule has 0 bridgehead atoms. The fourth-order valence-corrected chi connectivity index (χ4v) is 3.31. The van der Waals surface area contributed by atoms with Gasteiger partial charge in [-0.1, -0.05) is 49.4 Å². The van der Waals surface area contributed by atoms with Crippen molar-refractivity contribution >= 4 is 29.0 Å². The number of aromatic nitrogens is 1. The van der Waals surface area contributed by atoms with Crippen LogP contribution < -0.4 is 10.6 Å². The number of rotatable bonds is 5. The normalized spacial score (nSPS) is 15.4. The summed E-state index contributed by atoms with van der Waals surface area (Å²) in [5, 5.41) is 7.06. The van der Waals surface area contributed by atoms with Crippen molar-refractivity contribution in [3.05, 3.63) is 53.2 Å². The van der Waals surface area contributed by atoms with Crippen LogP contribution in [0.2, 0.25) is 5.02 Å². The molecule has 5 heteroatoms. The highest BCUT2D eigenvalue weighted by Crippen LogP contribution is 2.21. The van der Waals surface area contributed by atoms with Gasteiger partial charge in [0.25, 0.3) is 0 Å². The molecular formula is C20H24ClN3O. The summed E-state index contributed by atoms with van der Waals surface area (Å²) in [6, 6.07) is 11.7. The summed E-state index contributed by atoms with van der Waals surface area (Å²) in [5.74, 6) is 0.490. The fraction of sp³-hybridized carbons (Fsp3) is 0.400. The van der Waals surface area contributed by atoms with E-state index in [0.29, 0.717) is 23.3 Å². The molecule has 0 spiro atoms. The fourth-order valence-electron chi connectivity index (χ4n) is 3.19. The first-order valence-electron chi connectivity index (χ1n) is 8.96. The van der Waals surface area contributed by atoms with Gasteiger partial charge in [-0.3, -0.25) is 4.79 Å². The predicted molar refractivity (Wildman–Crippen MR) is 103 cm³/mol. The van der Waals surface area contributed by atoms with E-state index in [4.69, 9.17) is 11.6 Å². The molecule has 1 aliphatic rings. The van der Waals surface area contributed by atoms with Crippen LogP contribution in [0, 0.1) is 0 Å². The summed E-state index contributed by atoms with van der Waals surface area (Å²) in [4.78, 5) is 16.5. The zero-order valence-corrected chi connectivity index (χ0v) is 15.1. The van der Waals surface area contributed by atoms with Crippen molar-refractivity contribution in [2.75, 3.05) is 10.6 Å². The van der Waals surface area contributed by atoms with Gasteiger partial charge in [0, 0.05) is 11.1 Å². The quantitative estimate of drug-likeness (QED) is 0.736. The molecule has 4 nitrogen and oxygen atoms in total. The number of benzene rings is 1. The van der Waals surface area contributed by atoms with Gasteiger partial charge in [-0.05, 0) is 42.7 Å². The summed E-state index contributed by atoms with van der Waals surface area (Å²) >= 11 is 5.86.